The highest BCUT2D eigenvalue weighted by molar-refractivity contribution is 5.96. The number of aromatic nitrogens is 4. The minimum Gasteiger partial charge on any atom is -0.478 e. The predicted octanol–water partition coefficient (Wildman–Crippen LogP) is 5.66. The molecule has 3 heterocycles. The van der Waals surface area contributed by atoms with Crippen molar-refractivity contribution in [2.24, 2.45) is 0 Å². The molecule has 34 heavy (non-hydrogen) atoms. The zero-order chi connectivity index (χ0) is 23.8. The Labute approximate surface area is 196 Å². The summed E-state index contributed by atoms with van der Waals surface area (Å²) in [5, 5.41) is 18.0. The number of carboxylic acids is 1. The summed E-state index contributed by atoms with van der Waals surface area (Å²) in [6, 6.07) is 12.4. The molecule has 0 unspecified atom stereocenters. The Morgan fingerprint density at radius 1 is 1.18 bits per heavy atom. The SMILES string of the molecule is CCc1nn(-c2cccnc2C)c(Nc2ccc(C3CC3)cc2C(=O)O)c1-c1cccnc1F. The van der Waals surface area contributed by atoms with Gasteiger partial charge in [-0.05, 0) is 74.1 Å². The molecule has 1 fully saturated rings. The maximum absolute atomic E-state index is 14.9. The number of halogens is 1. The minimum absolute atomic E-state index is 0.163. The second-order valence-electron chi connectivity index (χ2n) is 8.39. The van der Waals surface area contributed by atoms with Gasteiger partial charge in [0.2, 0.25) is 5.95 Å². The number of benzene rings is 1. The molecule has 1 aliphatic carbocycles. The quantitative estimate of drug-likeness (QED) is 0.348. The van der Waals surface area contributed by atoms with E-state index in [-0.39, 0.29) is 5.56 Å². The van der Waals surface area contributed by atoms with Crippen molar-refractivity contribution >= 4 is 17.5 Å². The third-order valence-corrected chi connectivity index (χ3v) is 6.10. The summed E-state index contributed by atoms with van der Waals surface area (Å²) in [6.45, 7) is 3.81. The van der Waals surface area contributed by atoms with Gasteiger partial charge in [0.1, 0.15) is 5.82 Å². The molecule has 172 valence electrons. The lowest BCUT2D eigenvalue weighted by molar-refractivity contribution is 0.0698. The molecule has 0 bridgehead atoms. The Balaban J connectivity index is 1.74. The number of hydrogen-bond donors (Lipinski definition) is 2. The molecule has 0 radical (unpaired) electrons. The van der Waals surface area contributed by atoms with Crippen LogP contribution in [0.3, 0.4) is 0 Å². The molecular formula is C26H24FN5O2. The summed E-state index contributed by atoms with van der Waals surface area (Å²) < 4.78 is 16.5. The van der Waals surface area contributed by atoms with E-state index in [1.165, 1.54) is 6.20 Å². The fraction of sp³-hybridized carbons (Fsp3) is 0.231. The third-order valence-electron chi connectivity index (χ3n) is 6.10. The molecule has 3 aromatic heterocycles. The Bertz CT molecular complexity index is 1390. The average molecular weight is 458 g/mol. The fourth-order valence-corrected chi connectivity index (χ4v) is 4.20. The number of rotatable bonds is 7. The molecule has 7 nitrogen and oxygen atoms in total. The molecule has 5 rings (SSSR count). The van der Waals surface area contributed by atoms with Gasteiger partial charge in [0.25, 0.3) is 0 Å². The molecule has 0 aliphatic heterocycles. The van der Waals surface area contributed by atoms with Gasteiger partial charge in [0, 0.05) is 18.0 Å². The Morgan fingerprint density at radius 3 is 2.62 bits per heavy atom. The minimum atomic E-state index is -1.03. The third kappa shape index (κ3) is 3.91. The van der Waals surface area contributed by atoms with E-state index in [1.54, 1.807) is 41.2 Å². The highest BCUT2D eigenvalue weighted by Crippen LogP contribution is 2.42. The lowest BCUT2D eigenvalue weighted by Gasteiger charge is -2.16. The molecule has 4 aromatic rings. The van der Waals surface area contributed by atoms with Crippen LogP contribution in [-0.2, 0) is 6.42 Å². The number of hydrogen-bond acceptors (Lipinski definition) is 5. The van der Waals surface area contributed by atoms with Crippen molar-refractivity contribution in [1.29, 1.82) is 0 Å². The van der Waals surface area contributed by atoms with Crippen molar-refractivity contribution in [1.82, 2.24) is 19.7 Å². The number of carboxylic acid groups (broad SMARTS) is 1. The van der Waals surface area contributed by atoms with E-state index in [0.29, 0.717) is 46.4 Å². The van der Waals surface area contributed by atoms with Gasteiger partial charge in [-0.2, -0.15) is 9.49 Å². The Kier molecular flexibility index (Phi) is 5.57. The monoisotopic (exact) mass is 457 g/mol. The average Bonchev–Trinajstić information content (AvgIpc) is 3.62. The highest BCUT2D eigenvalue weighted by atomic mass is 19.1. The van der Waals surface area contributed by atoms with E-state index >= 15 is 0 Å². The topological polar surface area (TPSA) is 92.9 Å². The molecular weight excluding hydrogens is 433 g/mol. The summed E-state index contributed by atoms with van der Waals surface area (Å²) in [5.74, 6) is -0.771. The molecule has 1 aliphatic rings. The molecule has 8 heteroatoms. The first-order chi connectivity index (χ1) is 16.5. The Hall–Kier alpha value is -4.07. The summed E-state index contributed by atoms with van der Waals surface area (Å²) in [6.07, 6.45) is 5.77. The number of aromatic carboxylic acids is 1. The molecule has 0 atom stereocenters. The van der Waals surface area contributed by atoms with Crippen molar-refractivity contribution in [3.8, 4) is 16.8 Å². The summed E-state index contributed by atoms with van der Waals surface area (Å²) >= 11 is 0. The van der Waals surface area contributed by atoms with Crippen molar-refractivity contribution < 1.29 is 14.3 Å². The van der Waals surface area contributed by atoms with Gasteiger partial charge in [0.05, 0.1) is 33.9 Å². The van der Waals surface area contributed by atoms with Gasteiger partial charge < -0.3 is 10.4 Å². The fourth-order valence-electron chi connectivity index (χ4n) is 4.20. The van der Waals surface area contributed by atoms with E-state index in [2.05, 4.69) is 15.3 Å². The van der Waals surface area contributed by atoms with Gasteiger partial charge >= 0.3 is 5.97 Å². The second-order valence-corrected chi connectivity index (χ2v) is 8.39. The number of nitrogens with zero attached hydrogens (tertiary/aromatic N) is 4. The van der Waals surface area contributed by atoms with Crippen LogP contribution >= 0.6 is 0 Å². The van der Waals surface area contributed by atoms with Crippen molar-refractivity contribution in [3.63, 3.8) is 0 Å². The molecule has 1 aromatic carbocycles. The molecule has 0 spiro atoms. The van der Waals surface area contributed by atoms with Gasteiger partial charge in [-0.15, -0.1) is 0 Å². The van der Waals surface area contributed by atoms with Crippen LogP contribution in [0.4, 0.5) is 15.9 Å². The zero-order valence-electron chi connectivity index (χ0n) is 18.9. The molecule has 2 N–H and O–H groups in total. The van der Waals surface area contributed by atoms with Crippen LogP contribution in [0.25, 0.3) is 16.8 Å². The largest absolute Gasteiger partial charge is 0.478 e. The van der Waals surface area contributed by atoms with Crippen LogP contribution < -0.4 is 5.32 Å². The molecule has 1 saturated carbocycles. The Morgan fingerprint density at radius 2 is 1.94 bits per heavy atom. The van der Waals surface area contributed by atoms with E-state index < -0.39 is 11.9 Å². The van der Waals surface area contributed by atoms with Gasteiger partial charge in [-0.3, -0.25) is 4.98 Å². The lowest BCUT2D eigenvalue weighted by Crippen LogP contribution is -2.09. The maximum atomic E-state index is 14.9. The van der Waals surface area contributed by atoms with E-state index in [4.69, 9.17) is 5.10 Å². The van der Waals surface area contributed by atoms with E-state index in [1.807, 2.05) is 26.0 Å². The van der Waals surface area contributed by atoms with Crippen molar-refractivity contribution in [2.45, 2.75) is 39.0 Å². The lowest BCUT2D eigenvalue weighted by atomic mass is 10.0. The van der Waals surface area contributed by atoms with E-state index in [9.17, 15) is 14.3 Å². The van der Waals surface area contributed by atoms with Crippen LogP contribution in [0.5, 0.6) is 0 Å². The summed E-state index contributed by atoms with van der Waals surface area (Å²) in [7, 11) is 0. The molecule has 0 saturated heterocycles. The number of anilines is 2. The number of nitrogens with one attached hydrogen (secondary N) is 1. The number of pyridine rings is 2. The van der Waals surface area contributed by atoms with Crippen molar-refractivity contribution in [3.05, 3.63) is 83.3 Å². The zero-order valence-corrected chi connectivity index (χ0v) is 18.9. The number of carbonyl (C=O) groups is 1. The summed E-state index contributed by atoms with van der Waals surface area (Å²) in [5.41, 5.74) is 4.53. The standard InChI is InChI=1S/C26H24FN5O2/c1-3-20-23(18-6-4-13-29-24(18)27)25(32(31-20)22-7-5-12-28-15(22)2)30-21-11-10-17(16-8-9-16)14-19(21)26(33)34/h4-7,10-14,16,30H,3,8-9H2,1-2H3,(H,33,34). The smallest absolute Gasteiger partial charge is 0.337 e. The van der Waals surface area contributed by atoms with E-state index in [0.717, 1.165) is 24.1 Å². The van der Waals surface area contributed by atoms with Gasteiger partial charge in [-0.1, -0.05) is 13.0 Å². The first kappa shape index (κ1) is 21.8. The van der Waals surface area contributed by atoms with Crippen LogP contribution in [0.2, 0.25) is 0 Å². The predicted molar refractivity (Wildman–Crippen MR) is 127 cm³/mol. The maximum Gasteiger partial charge on any atom is 0.337 e. The normalized spacial score (nSPS) is 13.1. The molecule has 0 amide bonds. The van der Waals surface area contributed by atoms with Crippen LogP contribution in [0.1, 0.15) is 53.0 Å². The van der Waals surface area contributed by atoms with Crippen molar-refractivity contribution in [2.75, 3.05) is 5.32 Å². The first-order valence-corrected chi connectivity index (χ1v) is 11.3. The van der Waals surface area contributed by atoms with Crippen LogP contribution in [-0.4, -0.2) is 30.8 Å². The van der Waals surface area contributed by atoms with Gasteiger partial charge in [-0.25, -0.2) is 14.5 Å². The van der Waals surface area contributed by atoms with Gasteiger partial charge in [0.15, 0.2) is 0 Å². The first-order valence-electron chi connectivity index (χ1n) is 11.3. The second kappa shape index (κ2) is 8.70. The number of aryl methyl sites for hydroxylation is 2. The summed E-state index contributed by atoms with van der Waals surface area (Å²) in [4.78, 5) is 20.3. The van der Waals surface area contributed by atoms with Crippen LogP contribution in [0.15, 0.2) is 54.9 Å². The highest BCUT2D eigenvalue weighted by Gasteiger charge is 2.27. The van der Waals surface area contributed by atoms with Crippen LogP contribution in [0, 0.1) is 12.9 Å².